The van der Waals surface area contributed by atoms with E-state index in [-0.39, 0.29) is 11.3 Å². The molecular weight excluding hydrogens is 332 g/mol. The summed E-state index contributed by atoms with van der Waals surface area (Å²) in [6.45, 7) is 0.294. The van der Waals surface area contributed by atoms with Gasteiger partial charge in [0.15, 0.2) is 11.5 Å². The van der Waals surface area contributed by atoms with Gasteiger partial charge in [0.25, 0.3) is 0 Å². The van der Waals surface area contributed by atoms with Crippen molar-refractivity contribution in [3.8, 4) is 11.5 Å². The molecule has 0 saturated carbocycles. The zero-order valence-electron chi connectivity index (χ0n) is 10.1. The number of thiophene rings is 1. The molecule has 100 valence electrons. The van der Waals surface area contributed by atoms with Crippen LogP contribution in [0.15, 0.2) is 33.4 Å². The summed E-state index contributed by atoms with van der Waals surface area (Å²) in [4.78, 5) is 11.2. The first kappa shape index (κ1) is 13.9. The first-order valence-corrected chi connectivity index (χ1v) is 7.05. The fourth-order valence-corrected chi connectivity index (χ4v) is 2.76. The summed E-state index contributed by atoms with van der Waals surface area (Å²) >= 11 is 4.92. The second-order valence-electron chi connectivity index (χ2n) is 3.69. The van der Waals surface area contributed by atoms with Crippen molar-refractivity contribution in [2.75, 3.05) is 7.11 Å². The van der Waals surface area contributed by atoms with Gasteiger partial charge in [-0.15, -0.1) is 11.3 Å². The summed E-state index contributed by atoms with van der Waals surface area (Å²) in [6.07, 6.45) is 0. The zero-order chi connectivity index (χ0) is 13.8. The number of aromatic carboxylic acids is 1. The average molecular weight is 343 g/mol. The van der Waals surface area contributed by atoms with Crippen molar-refractivity contribution >= 4 is 33.2 Å². The van der Waals surface area contributed by atoms with Crippen LogP contribution in [-0.4, -0.2) is 18.2 Å². The van der Waals surface area contributed by atoms with Crippen LogP contribution in [0.5, 0.6) is 11.5 Å². The second kappa shape index (κ2) is 6.08. The van der Waals surface area contributed by atoms with Crippen LogP contribution >= 0.6 is 27.3 Å². The predicted molar refractivity (Wildman–Crippen MR) is 76.3 cm³/mol. The Bertz CT molecular complexity index is 594. The highest BCUT2D eigenvalue weighted by Gasteiger charge is 2.16. The highest BCUT2D eigenvalue weighted by Crippen LogP contribution is 2.32. The van der Waals surface area contributed by atoms with Gasteiger partial charge in [0.05, 0.1) is 10.9 Å². The first-order chi connectivity index (χ1) is 9.11. The van der Waals surface area contributed by atoms with E-state index in [0.717, 1.165) is 9.35 Å². The van der Waals surface area contributed by atoms with E-state index in [1.807, 2.05) is 11.4 Å². The number of methoxy groups -OCH3 is 1. The summed E-state index contributed by atoms with van der Waals surface area (Å²) in [5.74, 6) is -0.380. The van der Waals surface area contributed by atoms with E-state index in [0.29, 0.717) is 12.4 Å². The van der Waals surface area contributed by atoms with Crippen molar-refractivity contribution in [1.29, 1.82) is 0 Å². The fraction of sp³-hybridized carbons (Fsp3) is 0.154. The Balaban J connectivity index is 2.25. The van der Waals surface area contributed by atoms with E-state index >= 15 is 0 Å². The molecule has 0 radical (unpaired) electrons. The standard InChI is InChI=1S/C13H11BrO4S/c1-17-10-4-2-3-9(13(15)16)12(10)18-6-8-5-11(14)19-7-8/h2-5,7H,6H2,1H3,(H,15,16). The lowest BCUT2D eigenvalue weighted by Gasteiger charge is -2.12. The van der Waals surface area contributed by atoms with Crippen molar-refractivity contribution in [2.24, 2.45) is 0 Å². The first-order valence-electron chi connectivity index (χ1n) is 5.38. The van der Waals surface area contributed by atoms with Crippen LogP contribution in [0.4, 0.5) is 0 Å². The predicted octanol–water partition coefficient (Wildman–Crippen LogP) is 3.80. The normalized spacial score (nSPS) is 10.2. The van der Waals surface area contributed by atoms with Gasteiger partial charge in [-0.25, -0.2) is 4.79 Å². The van der Waals surface area contributed by atoms with Gasteiger partial charge in [-0.05, 0) is 39.5 Å². The molecule has 1 aromatic carbocycles. The number of ether oxygens (including phenoxy) is 2. The Morgan fingerprint density at radius 1 is 1.47 bits per heavy atom. The quantitative estimate of drug-likeness (QED) is 0.897. The lowest BCUT2D eigenvalue weighted by atomic mass is 10.2. The Kier molecular flexibility index (Phi) is 4.44. The van der Waals surface area contributed by atoms with Crippen LogP contribution in [0.25, 0.3) is 0 Å². The van der Waals surface area contributed by atoms with Gasteiger partial charge in [0.2, 0.25) is 0 Å². The van der Waals surface area contributed by atoms with Crippen LogP contribution < -0.4 is 9.47 Å². The number of halogens is 1. The van der Waals surface area contributed by atoms with E-state index in [1.165, 1.54) is 13.2 Å². The molecule has 0 bridgehead atoms. The molecule has 0 atom stereocenters. The van der Waals surface area contributed by atoms with Crippen LogP contribution in [0, 0.1) is 0 Å². The topological polar surface area (TPSA) is 55.8 Å². The molecule has 0 amide bonds. The molecule has 6 heteroatoms. The highest BCUT2D eigenvalue weighted by atomic mass is 79.9. The Morgan fingerprint density at radius 3 is 2.84 bits per heavy atom. The monoisotopic (exact) mass is 342 g/mol. The van der Waals surface area contributed by atoms with Gasteiger partial charge < -0.3 is 14.6 Å². The molecule has 0 spiro atoms. The number of hydrogen-bond donors (Lipinski definition) is 1. The Labute approximate surface area is 122 Å². The highest BCUT2D eigenvalue weighted by molar-refractivity contribution is 9.11. The maximum atomic E-state index is 11.2. The molecule has 1 heterocycles. The molecule has 0 aliphatic carbocycles. The van der Waals surface area contributed by atoms with Gasteiger partial charge in [-0.3, -0.25) is 0 Å². The molecule has 19 heavy (non-hydrogen) atoms. The Morgan fingerprint density at radius 2 is 2.26 bits per heavy atom. The van der Waals surface area contributed by atoms with Crippen LogP contribution in [0.1, 0.15) is 15.9 Å². The minimum atomic E-state index is -1.04. The van der Waals surface area contributed by atoms with E-state index in [9.17, 15) is 4.79 Å². The molecule has 1 N–H and O–H groups in total. The SMILES string of the molecule is COc1cccc(C(=O)O)c1OCc1csc(Br)c1. The van der Waals surface area contributed by atoms with Crippen molar-refractivity contribution in [2.45, 2.75) is 6.61 Å². The fourth-order valence-electron chi connectivity index (χ4n) is 1.57. The molecular formula is C13H11BrO4S. The largest absolute Gasteiger partial charge is 0.493 e. The van der Waals surface area contributed by atoms with E-state index in [4.69, 9.17) is 14.6 Å². The third kappa shape index (κ3) is 3.27. The molecule has 0 unspecified atom stereocenters. The van der Waals surface area contributed by atoms with Crippen molar-refractivity contribution in [1.82, 2.24) is 0 Å². The lowest BCUT2D eigenvalue weighted by molar-refractivity contribution is 0.0691. The van der Waals surface area contributed by atoms with E-state index in [2.05, 4.69) is 15.9 Å². The van der Waals surface area contributed by atoms with Crippen LogP contribution in [-0.2, 0) is 6.61 Å². The second-order valence-corrected chi connectivity index (χ2v) is 5.98. The molecule has 2 aromatic rings. The van der Waals surface area contributed by atoms with Gasteiger partial charge in [0, 0.05) is 5.56 Å². The zero-order valence-corrected chi connectivity index (χ0v) is 12.5. The number of benzene rings is 1. The molecule has 0 fully saturated rings. The van der Waals surface area contributed by atoms with Gasteiger partial charge in [-0.2, -0.15) is 0 Å². The molecule has 0 aliphatic rings. The smallest absolute Gasteiger partial charge is 0.339 e. The number of hydrogen-bond acceptors (Lipinski definition) is 4. The molecule has 0 saturated heterocycles. The van der Waals surface area contributed by atoms with Gasteiger partial charge in [-0.1, -0.05) is 6.07 Å². The number of carboxylic acid groups (broad SMARTS) is 1. The number of carboxylic acids is 1. The lowest BCUT2D eigenvalue weighted by Crippen LogP contribution is -2.04. The number of carbonyl (C=O) groups is 1. The van der Waals surface area contributed by atoms with Gasteiger partial charge in [0.1, 0.15) is 12.2 Å². The average Bonchev–Trinajstić information content (AvgIpc) is 2.81. The molecule has 1 aromatic heterocycles. The maximum absolute atomic E-state index is 11.2. The molecule has 4 nitrogen and oxygen atoms in total. The van der Waals surface area contributed by atoms with Crippen LogP contribution in [0.3, 0.4) is 0 Å². The molecule has 2 rings (SSSR count). The maximum Gasteiger partial charge on any atom is 0.339 e. The van der Waals surface area contributed by atoms with Crippen LogP contribution in [0.2, 0.25) is 0 Å². The van der Waals surface area contributed by atoms with E-state index in [1.54, 1.807) is 23.5 Å². The summed E-state index contributed by atoms with van der Waals surface area (Å²) < 4.78 is 11.7. The summed E-state index contributed by atoms with van der Waals surface area (Å²) in [5, 5.41) is 11.1. The summed E-state index contributed by atoms with van der Waals surface area (Å²) in [5.41, 5.74) is 1.06. The third-order valence-corrected chi connectivity index (χ3v) is 3.99. The van der Waals surface area contributed by atoms with Gasteiger partial charge >= 0.3 is 5.97 Å². The minimum Gasteiger partial charge on any atom is -0.493 e. The summed E-state index contributed by atoms with van der Waals surface area (Å²) in [7, 11) is 1.48. The van der Waals surface area contributed by atoms with E-state index < -0.39 is 5.97 Å². The Hall–Kier alpha value is -1.53. The minimum absolute atomic E-state index is 0.0913. The molecule has 0 aliphatic heterocycles. The van der Waals surface area contributed by atoms with Crippen molar-refractivity contribution in [3.63, 3.8) is 0 Å². The number of para-hydroxylation sites is 1. The summed E-state index contributed by atoms with van der Waals surface area (Å²) in [6, 6.07) is 6.71. The third-order valence-electron chi connectivity index (χ3n) is 2.43. The van der Waals surface area contributed by atoms with Crippen molar-refractivity contribution in [3.05, 3.63) is 44.6 Å². The number of rotatable bonds is 5. The van der Waals surface area contributed by atoms with Crippen molar-refractivity contribution < 1.29 is 19.4 Å².